The van der Waals surface area contributed by atoms with Crippen molar-refractivity contribution in [2.24, 2.45) is 5.92 Å². The normalized spacial score (nSPS) is 16.3. The molecular weight excluding hydrogens is 310 g/mol. The van der Waals surface area contributed by atoms with Crippen molar-refractivity contribution in [1.29, 1.82) is 0 Å². The van der Waals surface area contributed by atoms with Gasteiger partial charge in [-0.15, -0.1) is 11.3 Å². The van der Waals surface area contributed by atoms with Crippen LogP contribution in [0.15, 0.2) is 30.5 Å². The van der Waals surface area contributed by atoms with Crippen molar-refractivity contribution in [3.05, 3.63) is 45.9 Å². The average molecular weight is 327 g/mol. The fraction of sp³-hybridized carbons (Fsp3) is 0.353. The SMILES string of the molecule is O=C(NCc1ccccn1)c1cc2c(s1)CCN2C(=O)C1CC1. The summed E-state index contributed by atoms with van der Waals surface area (Å²) < 4.78 is 0. The van der Waals surface area contributed by atoms with Gasteiger partial charge in [-0.1, -0.05) is 6.07 Å². The van der Waals surface area contributed by atoms with Crippen molar-refractivity contribution in [3.8, 4) is 0 Å². The van der Waals surface area contributed by atoms with Crippen LogP contribution in [0.25, 0.3) is 0 Å². The summed E-state index contributed by atoms with van der Waals surface area (Å²) in [7, 11) is 0. The molecule has 4 rings (SSSR count). The van der Waals surface area contributed by atoms with Crippen LogP contribution in [-0.4, -0.2) is 23.3 Å². The van der Waals surface area contributed by atoms with Gasteiger partial charge in [0.2, 0.25) is 5.91 Å². The Morgan fingerprint density at radius 3 is 2.96 bits per heavy atom. The van der Waals surface area contributed by atoms with Gasteiger partial charge in [0.05, 0.1) is 22.8 Å². The molecule has 1 N–H and O–H groups in total. The first-order chi connectivity index (χ1) is 11.2. The van der Waals surface area contributed by atoms with Crippen molar-refractivity contribution in [1.82, 2.24) is 10.3 Å². The number of fused-ring (bicyclic) bond motifs is 1. The van der Waals surface area contributed by atoms with E-state index in [1.165, 1.54) is 11.3 Å². The van der Waals surface area contributed by atoms with Crippen LogP contribution in [0.5, 0.6) is 0 Å². The molecule has 1 fully saturated rings. The van der Waals surface area contributed by atoms with Crippen molar-refractivity contribution in [3.63, 3.8) is 0 Å². The molecule has 0 aromatic carbocycles. The van der Waals surface area contributed by atoms with E-state index in [9.17, 15) is 9.59 Å². The van der Waals surface area contributed by atoms with Crippen LogP contribution >= 0.6 is 11.3 Å². The summed E-state index contributed by atoms with van der Waals surface area (Å²) in [5.41, 5.74) is 1.77. The minimum absolute atomic E-state index is 0.103. The second-order valence-electron chi connectivity index (χ2n) is 5.94. The zero-order chi connectivity index (χ0) is 15.8. The molecule has 0 spiro atoms. The van der Waals surface area contributed by atoms with E-state index in [1.54, 1.807) is 6.20 Å². The van der Waals surface area contributed by atoms with Gasteiger partial charge in [0.25, 0.3) is 5.91 Å². The first kappa shape index (κ1) is 14.4. The van der Waals surface area contributed by atoms with Crippen LogP contribution in [0.4, 0.5) is 5.69 Å². The van der Waals surface area contributed by atoms with Crippen molar-refractivity contribution in [2.45, 2.75) is 25.8 Å². The molecule has 6 heteroatoms. The quantitative estimate of drug-likeness (QED) is 0.938. The number of aromatic nitrogens is 1. The summed E-state index contributed by atoms with van der Waals surface area (Å²) in [6, 6.07) is 7.49. The topological polar surface area (TPSA) is 62.3 Å². The largest absolute Gasteiger partial charge is 0.346 e. The zero-order valence-electron chi connectivity index (χ0n) is 12.6. The number of anilines is 1. The number of thiophene rings is 1. The Labute approximate surface area is 138 Å². The van der Waals surface area contributed by atoms with E-state index >= 15 is 0 Å². The Morgan fingerprint density at radius 1 is 1.35 bits per heavy atom. The first-order valence-corrected chi connectivity index (χ1v) is 8.66. The van der Waals surface area contributed by atoms with Crippen molar-refractivity contribution < 1.29 is 9.59 Å². The van der Waals surface area contributed by atoms with E-state index in [-0.39, 0.29) is 17.7 Å². The second kappa shape index (κ2) is 5.77. The highest BCUT2D eigenvalue weighted by molar-refractivity contribution is 7.14. The Bertz CT molecular complexity index is 752. The number of amides is 2. The lowest BCUT2D eigenvalue weighted by Gasteiger charge is -2.15. The van der Waals surface area contributed by atoms with Crippen LogP contribution in [0.2, 0.25) is 0 Å². The van der Waals surface area contributed by atoms with E-state index in [4.69, 9.17) is 0 Å². The van der Waals surface area contributed by atoms with Gasteiger partial charge in [-0.3, -0.25) is 14.6 Å². The molecule has 23 heavy (non-hydrogen) atoms. The van der Waals surface area contributed by atoms with Crippen LogP contribution < -0.4 is 10.2 Å². The van der Waals surface area contributed by atoms with Gasteiger partial charge in [-0.25, -0.2) is 0 Å². The Morgan fingerprint density at radius 2 is 2.22 bits per heavy atom. The molecule has 2 aliphatic rings. The zero-order valence-corrected chi connectivity index (χ0v) is 13.4. The molecule has 0 atom stereocenters. The maximum absolute atomic E-state index is 12.3. The number of nitrogens with one attached hydrogen (secondary N) is 1. The minimum Gasteiger partial charge on any atom is -0.346 e. The third-order valence-corrected chi connectivity index (χ3v) is 5.40. The highest BCUT2D eigenvalue weighted by Gasteiger charge is 2.37. The third kappa shape index (κ3) is 2.86. The maximum Gasteiger partial charge on any atom is 0.261 e. The molecular formula is C17H17N3O2S. The average Bonchev–Trinajstić information content (AvgIpc) is 3.22. The van der Waals surface area contributed by atoms with Gasteiger partial charge in [0.1, 0.15) is 0 Å². The van der Waals surface area contributed by atoms with Crippen LogP contribution in [-0.2, 0) is 17.8 Å². The van der Waals surface area contributed by atoms with E-state index < -0.39 is 0 Å². The maximum atomic E-state index is 12.3. The summed E-state index contributed by atoms with van der Waals surface area (Å²) in [5, 5.41) is 2.89. The number of rotatable bonds is 4. The van der Waals surface area contributed by atoms with Gasteiger partial charge >= 0.3 is 0 Å². The predicted molar refractivity (Wildman–Crippen MR) is 88.5 cm³/mol. The fourth-order valence-electron chi connectivity index (χ4n) is 2.81. The molecule has 1 aliphatic carbocycles. The van der Waals surface area contributed by atoms with E-state index in [1.807, 2.05) is 29.2 Å². The standard InChI is InChI=1S/C17H17N3O2S/c21-16(19-10-12-3-1-2-7-18-12)15-9-13-14(23-15)6-8-20(13)17(22)11-4-5-11/h1-3,7,9,11H,4-6,8,10H2,(H,19,21). The van der Waals surface area contributed by atoms with Gasteiger partial charge in [-0.2, -0.15) is 0 Å². The molecule has 0 bridgehead atoms. The van der Waals surface area contributed by atoms with Gasteiger partial charge in [0.15, 0.2) is 0 Å². The molecule has 0 saturated heterocycles. The summed E-state index contributed by atoms with van der Waals surface area (Å²) in [6.07, 6.45) is 4.58. The number of hydrogen-bond donors (Lipinski definition) is 1. The molecule has 3 heterocycles. The summed E-state index contributed by atoms with van der Waals surface area (Å²) >= 11 is 1.49. The number of nitrogens with zero attached hydrogens (tertiary/aromatic N) is 2. The Balaban J connectivity index is 1.45. The molecule has 2 aromatic rings. The third-order valence-electron chi connectivity index (χ3n) is 4.21. The number of carbonyl (C=O) groups is 2. The predicted octanol–water partition coefficient (Wildman–Crippen LogP) is 2.37. The lowest BCUT2D eigenvalue weighted by Crippen LogP contribution is -2.30. The van der Waals surface area contributed by atoms with E-state index in [0.717, 1.165) is 42.1 Å². The molecule has 2 aromatic heterocycles. The highest BCUT2D eigenvalue weighted by Crippen LogP contribution is 2.40. The van der Waals surface area contributed by atoms with Crippen LogP contribution in [0.3, 0.4) is 0 Å². The molecule has 0 unspecified atom stereocenters. The Kier molecular flexibility index (Phi) is 3.61. The van der Waals surface area contributed by atoms with Gasteiger partial charge < -0.3 is 10.2 Å². The monoisotopic (exact) mass is 327 g/mol. The minimum atomic E-state index is -0.103. The van der Waals surface area contributed by atoms with E-state index in [2.05, 4.69) is 10.3 Å². The fourth-order valence-corrected chi connectivity index (χ4v) is 3.88. The van der Waals surface area contributed by atoms with Crippen LogP contribution in [0.1, 0.15) is 33.1 Å². The number of pyridine rings is 1. The lowest BCUT2D eigenvalue weighted by molar-refractivity contribution is -0.119. The van der Waals surface area contributed by atoms with Gasteiger partial charge in [0, 0.05) is 30.0 Å². The molecule has 1 aliphatic heterocycles. The van der Waals surface area contributed by atoms with Crippen molar-refractivity contribution in [2.75, 3.05) is 11.4 Å². The Hall–Kier alpha value is -2.21. The van der Waals surface area contributed by atoms with Crippen molar-refractivity contribution >= 4 is 28.8 Å². The number of carbonyl (C=O) groups excluding carboxylic acids is 2. The summed E-state index contributed by atoms with van der Waals surface area (Å²) in [6.45, 7) is 1.17. The first-order valence-electron chi connectivity index (χ1n) is 7.84. The van der Waals surface area contributed by atoms with E-state index in [0.29, 0.717) is 11.4 Å². The highest BCUT2D eigenvalue weighted by atomic mass is 32.1. The van der Waals surface area contributed by atoms with Gasteiger partial charge in [-0.05, 0) is 31.0 Å². The number of hydrogen-bond acceptors (Lipinski definition) is 4. The molecule has 2 amide bonds. The summed E-state index contributed by atoms with van der Waals surface area (Å²) in [4.78, 5) is 32.5. The summed E-state index contributed by atoms with van der Waals surface area (Å²) in [5.74, 6) is 0.332. The lowest BCUT2D eigenvalue weighted by atomic mass is 10.3. The smallest absolute Gasteiger partial charge is 0.261 e. The molecule has 5 nitrogen and oxygen atoms in total. The molecule has 0 radical (unpaired) electrons. The second-order valence-corrected chi connectivity index (χ2v) is 7.07. The molecule has 118 valence electrons. The molecule has 1 saturated carbocycles. The van der Waals surface area contributed by atoms with Crippen LogP contribution in [0, 0.1) is 5.92 Å².